The molecule has 110 valence electrons. The van der Waals surface area contributed by atoms with Crippen molar-refractivity contribution in [1.29, 1.82) is 0 Å². The molecular formula is C14H12Cl2FN3O. The highest BCUT2D eigenvalue weighted by atomic mass is 35.5. The molecule has 2 aromatic carbocycles. The molecule has 0 bridgehead atoms. The van der Waals surface area contributed by atoms with Crippen molar-refractivity contribution in [3.8, 4) is 0 Å². The number of nitrogens with two attached hydrogens (primary N) is 1. The number of hydrogen-bond acceptors (Lipinski definition) is 3. The molecule has 21 heavy (non-hydrogen) atoms. The van der Waals surface area contributed by atoms with Crippen LogP contribution in [0.15, 0.2) is 30.3 Å². The molecule has 0 aliphatic heterocycles. The SMILES string of the molecule is Cc1ccc(NN)c(C(=O)Nc2cc(Cl)c(F)c(Cl)c2)c1. The number of hydrogen-bond donors (Lipinski definition) is 3. The largest absolute Gasteiger partial charge is 0.323 e. The van der Waals surface area contributed by atoms with Crippen molar-refractivity contribution in [2.45, 2.75) is 6.92 Å². The molecule has 0 atom stereocenters. The average molecular weight is 328 g/mol. The van der Waals surface area contributed by atoms with Gasteiger partial charge >= 0.3 is 0 Å². The number of rotatable bonds is 3. The molecule has 7 heteroatoms. The lowest BCUT2D eigenvalue weighted by Crippen LogP contribution is -2.17. The number of anilines is 2. The second-order valence-electron chi connectivity index (χ2n) is 4.40. The third kappa shape index (κ3) is 3.44. The normalized spacial score (nSPS) is 10.3. The predicted octanol–water partition coefficient (Wildman–Crippen LogP) is 3.98. The van der Waals surface area contributed by atoms with E-state index < -0.39 is 11.7 Å². The van der Waals surface area contributed by atoms with Gasteiger partial charge in [0.25, 0.3) is 5.91 Å². The van der Waals surface area contributed by atoms with Crippen molar-refractivity contribution in [2.24, 2.45) is 5.84 Å². The summed E-state index contributed by atoms with van der Waals surface area (Å²) in [6, 6.07) is 7.75. The summed E-state index contributed by atoms with van der Waals surface area (Å²) in [6.07, 6.45) is 0. The Morgan fingerprint density at radius 1 is 1.19 bits per heavy atom. The van der Waals surface area contributed by atoms with Gasteiger partial charge in [0.2, 0.25) is 0 Å². The van der Waals surface area contributed by atoms with E-state index in [0.29, 0.717) is 16.9 Å². The highest BCUT2D eigenvalue weighted by molar-refractivity contribution is 6.35. The van der Waals surface area contributed by atoms with Crippen molar-refractivity contribution in [3.05, 3.63) is 57.3 Å². The fourth-order valence-electron chi connectivity index (χ4n) is 1.80. The van der Waals surface area contributed by atoms with Gasteiger partial charge in [-0.1, -0.05) is 34.8 Å². The Labute approximate surface area is 131 Å². The van der Waals surface area contributed by atoms with E-state index in [1.54, 1.807) is 12.1 Å². The summed E-state index contributed by atoms with van der Waals surface area (Å²) in [5.41, 5.74) is 4.46. The Bertz CT molecular complexity index is 684. The number of halogens is 3. The van der Waals surface area contributed by atoms with Crippen LogP contribution in [0.2, 0.25) is 10.0 Å². The van der Waals surface area contributed by atoms with Crippen LogP contribution in [0.3, 0.4) is 0 Å². The quantitative estimate of drug-likeness (QED) is 0.454. The number of amides is 1. The van der Waals surface area contributed by atoms with Gasteiger partial charge in [-0.2, -0.15) is 0 Å². The summed E-state index contributed by atoms with van der Waals surface area (Å²) in [7, 11) is 0. The van der Waals surface area contributed by atoms with Crippen LogP contribution in [-0.4, -0.2) is 5.91 Å². The van der Waals surface area contributed by atoms with E-state index in [1.807, 2.05) is 13.0 Å². The maximum absolute atomic E-state index is 13.3. The molecule has 0 heterocycles. The van der Waals surface area contributed by atoms with Crippen LogP contribution >= 0.6 is 23.2 Å². The molecule has 0 spiro atoms. The minimum atomic E-state index is -0.726. The van der Waals surface area contributed by atoms with Crippen LogP contribution in [0.25, 0.3) is 0 Å². The highest BCUT2D eigenvalue weighted by Crippen LogP contribution is 2.28. The molecule has 0 radical (unpaired) electrons. The van der Waals surface area contributed by atoms with E-state index in [9.17, 15) is 9.18 Å². The van der Waals surface area contributed by atoms with Gasteiger partial charge in [0.05, 0.1) is 21.3 Å². The zero-order valence-electron chi connectivity index (χ0n) is 11.0. The maximum Gasteiger partial charge on any atom is 0.257 e. The molecule has 0 aliphatic rings. The summed E-state index contributed by atoms with van der Waals surface area (Å²) in [4.78, 5) is 12.3. The number of carbonyl (C=O) groups excluding carboxylic acids is 1. The molecule has 0 unspecified atom stereocenters. The van der Waals surface area contributed by atoms with Gasteiger partial charge in [-0.05, 0) is 31.2 Å². The Hall–Kier alpha value is -1.82. The average Bonchev–Trinajstić information content (AvgIpc) is 2.44. The number of hydrazine groups is 1. The van der Waals surface area contributed by atoms with E-state index >= 15 is 0 Å². The second-order valence-corrected chi connectivity index (χ2v) is 5.22. The summed E-state index contributed by atoms with van der Waals surface area (Å²) in [5, 5.41) is 2.26. The third-order valence-corrected chi connectivity index (χ3v) is 3.37. The van der Waals surface area contributed by atoms with Crippen LogP contribution in [0.5, 0.6) is 0 Å². The zero-order chi connectivity index (χ0) is 15.6. The molecule has 4 N–H and O–H groups in total. The van der Waals surface area contributed by atoms with Gasteiger partial charge in [-0.3, -0.25) is 10.6 Å². The first-order valence-corrected chi connectivity index (χ1v) is 6.71. The van der Waals surface area contributed by atoms with Crippen molar-refractivity contribution < 1.29 is 9.18 Å². The van der Waals surface area contributed by atoms with E-state index in [2.05, 4.69) is 10.7 Å². The fourth-order valence-corrected chi connectivity index (χ4v) is 2.28. The van der Waals surface area contributed by atoms with E-state index in [-0.39, 0.29) is 10.0 Å². The molecule has 0 aliphatic carbocycles. The minimum absolute atomic E-state index is 0.167. The van der Waals surface area contributed by atoms with Crippen LogP contribution < -0.4 is 16.6 Å². The Morgan fingerprint density at radius 3 is 2.38 bits per heavy atom. The Balaban J connectivity index is 2.32. The zero-order valence-corrected chi connectivity index (χ0v) is 12.5. The molecule has 0 aromatic heterocycles. The van der Waals surface area contributed by atoms with Crippen LogP contribution in [0.4, 0.5) is 15.8 Å². The third-order valence-electron chi connectivity index (χ3n) is 2.82. The molecular weight excluding hydrogens is 316 g/mol. The molecule has 1 amide bonds. The number of nitrogens with one attached hydrogen (secondary N) is 2. The standard InChI is InChI=1S/C14H12Cl2FN3O/c1-7-2-3-12(20-18)9(4-7)14(21)19-8-5-10(15)13(17)11(16)6-8/h2-6,20H,18H2,1H3,(H,19,21). The summed E-state index contributed by atoms with van der Waals surface area (Å²) in [6.45, 7) is 1.85. The van der Waals surface area contributed by atoms with Crippen molar-refractivity contribution in [3.63, 3.8) is 0 Å². The highest BCUT2D eigenvalue weighted by Gasteiger charge is 2.14. The first-order valence-electron chi connectivity index (χ1n) is 5.95. The lowest BCUT2D eigenvalue weighted by molar-refractivity contribution is 0.102. The lowest BCUT2D eigenvalue weighted by atomic mass is 10.1. The Kier molecular flexibility index (Phi) is 4.67. The topological polar surface area (TPSA) is 67.1 Å². The molecule has 4 nitrogen and oxygen atoms in total. The molecule has 0 saturated carbocycles. The number of carbonyl (C=O) groups is 1. The van der Waals surface area contributed by atoms with Crippen molar-refractivity contribution >= 4 is 40.5 Å². The smallest absolute Gasteiger partial charge is 0.257 e. The van der Waals surface area contributed by atoms with Gasteiger partial charge in [0, 0.05) is 5.69 Å². The Morgan fingerprint density at radius 2 is 1.81 bits per heavy atom. The van der Waals surface area contributed by atoms with Gasteiger partial charge < -0.3 is 10.7 Å². The van der Waals surface area contributed by atoms with Gasteiger partial charge in [0.1, 0.15) is 0 Å². The minimum Gasteiger partial charge on any atom is -0.323 e. The molecule has 0 saturated heterocycles. The van der Waals surface area contributed by atoms with E-state index in [1.165, 1.54) is 12.1 Å². The monoisotopic (exact) mass is 327 g/mol. The lowest BCUT2D eigenvalue weighted by Gasteiger charge is -2.11. The summed E-state index contributed by atoms with van der Waals surface area (Å²) in [5.74, 6) is 4.24. The van der Waals surface area contributed by atoms with Gasteiger partial charge in [-0.25, -0.2) is 4.39 Å². The van der Waals surface area contributed by atoms with Crippen LogP contribution in [0.1, 0.15) is 15.9 Å². The maximum atomic E-state index is 13.3. The van der Waals surface area contributed by atoms with Gasteiger partial charge in [-0.15, -0.1) is 0 Å². The summed E-state index contributed by atoms with van der Waals surface area (Å²) >= 11 is 11.4. The van der Waals surface area contributed by atoms with E-state index in [0.717, 1.165) is 5.56 Å². The molecule has 2 aromatic rings. The predicted molar refractivity (Wildman–Crippen MR) is 83.4 cm³/mol. The van der Waals surface area contributed by atoms with Gasteiger partial charge in [0.15, 0.2) is 5.82 Å². The number of benzene rings is 2. The fraction of sp³-hybridized carbons (Fsp3) is 0.0714. The van der Waals surface area contributed by atoms with E-state index in [4.69, 9.17) is 29.0 Å². The number of nitrogen functional groups attached to an aromatic ring is 1. The molecule has 0 fully saturated rings. The second kappa shape index (κ2) is 6.30. The van der Waals surface area contributed by atoms with Crippen LogP contribution in [0, 0.1) is 12.7 Å². The van der Waals surface area contributed by atoms with Crippen LogP contribution in [-0.2, 0) is 0 Å². The van der Waals surface area contributed by atoms with Crippen molar-refractivity contribution in [1.82, 2.24) is 0 Å². The molecule has 2 rings (SSSR count). The first-order chi connectivity index (χ1) is 9.92. The number of aryl methyl sites for hydroxylation is 1. The first kappa shape index (κ1) is 15.6. The van der Waals surface area contributed by atoms with Crippen molar-refractivity contribution in [2.75, 3.05) is 10.7 Å². The summed E-state index contributed by atoms with van der Waals surface area (Å²) < 4.78 is 13.3.